The Labute approximate surface area is 112 Å². The van der Waals surface area contributed by atoms with Crippen LogP contribution in [0.3, 0.4) is 0 Å². The van der Waals surface area contributed by atoms with Crippen LogP contribution in [0.2, 0.25) is 0 Å². The number of nitrogens with two attached hydrogens (primary N) is 1. The Bertz CT molecular complexity index is 402. The van der Waals surface area contributed by atoms with Crippen molar-refractivity contribution in [3.63, 3.8) is 0 Å². The number of anilines is 1. The van der Waals surface area contributed by atoms with Gasteiger partial charge in [0.1, 0.15) is 0 Å². The summed E-state index contributed by atoms with van der Waals surface area (Å²) in [5, 5.41) is 0. The zero-order chi connectivity index (χ0) is 13.4. The SMILES string of the molecule is C#CC(C)(CCCCCCC)c1cccc(N)c1. The topological polar surface area (TPSA) is 26.0 Å². The molecule has 2 N–H and O–H groups in total. The predicted molar refractivity (Wildman–Crippen MR) is 80.4 cm³/mol. The molecule has 1 atom stereocenters. The molecule has 0 saturated carbocycles. The van der Waals surface area contributed by atoms with Gasteiger partial charge in [-0.25, -0.2) is 0 Å². The van der Waals surface area contributed by atoms with Crippen LogP contribution in [0.4, 0.5) is 5.69 Å². The summed E-state index contributed by atoms with van der Waals surface area (Å²) in [6.45, 7) is 4.37. The molecule has 0 saturated heterocycles. The van der Waals surface area contributed by atoms with Gasteiger partial charge < -0.3 is 5.73 Å². The highest BCUT2D eigenvalue weighted by atomic mass is 14.5. The van der Waals surface area contributed by atoms with E-state index in [0.717, 1.165) is 12.1 Å². The number of rotatable bonds is 7. The number of hydrogen-bond acceptors (Lipinski definition) is 1. The molecule has 1 aromatic carbocycles. The third-order valence-corrected chi connectivity index (χ3v) is 3.62. The van der Waals surface area contributed by atoms with Gasteiger partial charge in [-0.2, -0.15) is 0 Å². The van der Waals surface area contributed by atoms with Crippen LogP contribution in [0, 0.1) is 12.3 Å². The maximum absolute atomic E-state index is 5.84. The first-order valence-electron chi connectivity index (χ1n) is 6.96. The molecule has 1 unspecified atom stereocenters. The lowest BCUT2D eigenvalue weighted by molar-refractivity contribution is 0.502. The Morgan fingerprint density at radius 3 is 2.56 bits per heavy atom. The van der Waals surface area contributed by atoms with Gasteiger partial charge in [0.05, 0.1) is 5.41 Å². The van der Waals surface area contributed by atoms with Gasteiger partial charge in [0.25, 0.3) is 0 Å². The van der Waals surface area contributed by atoms with Crippen molar-refractivity contribution in [1.29, 1.82) is 0 Å². The Hall–Kier alpha value is -1.42. The standard InChI is InChI=1S/C17H25N/c1-4-6-7-8-9-13-17(3,5-2)15-11-10-12-16(18)14-15/h2,10-12,14H,4,6-9,13,18H2,1,3H3. The molecule has 18 heavy (non-hydrogen) atoms. The molecule has 0 amide bonds. The van der Waals surface area contributed by atoms with E-state index in [1.807, 2.05) is 18.2 Å². The molecule has 0 aliphatic rings. The quantitative estimate of drug-likeness (QED) is 0.425. The van der Waals surface area contributed by atoms with Crippen molar-refractivity contribution in [2.45, 2.75) is 57.8 Å². The molecule has 1 nitrogen and oxygen atoms in total. The summed E-state index contributed by atoms with van der Waals surface area (Å²) >= 11 is 0. The predicted octanol–water partition coefficient (Wildman–Crippen LogP) is 4.52. The normalized spacial score (nSPS) is 13.8. The van der Waals surface area contributed by atoms with Crippen molar-refractivity contribution in [2.24, 2.45) is 0 Å². The summed E-state index contributed by atoms with van der Waals surface area (Å²) in [7, 11) is 0. The van der Waals surface area contributed by atoms with Crippen molar-refractivity contribution < 1.29 is 0 Å². The van der Waals surface area contributed by atoms with Gasteiger partial charge in [0.15, 0.2) is 0 Å². The Morgan fingerprint density at radius 1 is 1.22 bits per heavy atom. The minimum atomic E-state index is -0.179. The highest BCUT2D eigenvalue weighted by molar-refractivity contribution is 5.45. The van der Waals surface area contributed by atoms with Crippen LogP contribution in [-0.2, 0) is 5.41 Å². The van der Waals surface area contributed by atoms with Crippen molar-refractivity contribution in [3.05, 3.63) is 29.8 Å². The Balaban J connectivity index is 2.60. The van der Waals surface area contributed by atoms with Crippen molar-refractivity contribution in [3.8, 4) is 12.3 Å². The maximum Gasteiger partial charge on any atom is 0.0532 e. The number of nitrogen functional groups attached to an aromatic ring is 1. The fourth-order valence-corrected chi connectivity index (χ4v) is 2.26. The summed E-state index contributed by atoms with van der Waals surface area (Å²) in [6, 6.07) is 7.98. The van der Waals surface area contributed by atoms with Crippen molar-refractivity contribution in [2.75, 3.05) is 5.73 Å². The lowest BCUT2D eigenvalue weighted by atomic mass is 9.78. The van der Waals surface area contributed by atoms with Gasteiger partial charge in [-0.05, 0) is 31.0 Å². The third kappa shape index (κ3) is 4.11. The van der Waals surface area contributed by atoms with Crippen molar-refractivity contribution >= 4 is 5.69 Å². The molecule has 0 bridgehead atoms. The molecule has 1 heteroatoms. The van der Waals surface area contributed by atoms with E-state index in [1.165, 1.54) is 37.7 Å². The number of hydrogen-bond donors (Lipinski definition) is 1. The van der Waals surface area contributed by atoms with Crippen LogP contribution in [-0.4, -0.2) is 0 Å². The third-order valence-electron chi connectivity index (χ3n) is 3.62. The van der Waals surface area contributed by atoms with Crippen LogP contribution in [0.25, 0.3) is 0 Å². The number of terminal acetylenes is 1. The van der Waals surface area contributed by atoms with E-state index < -0.39 is 0 Å². The second-order valence-electron chi connectivity index (χ2n) is 5.27. The zero-order valence-electron chi connectivity index (χ0n) is 11.7. The molecule has 0 radical (unpaired) electrons. The monoisotopic (exact) mass is 243 g/mol. The van der Waals surface area contributed by atoms with E-state index in [4.69, 9.17) is 12.2 Å². The molecule has 0 heterocycles. The van der Waals surface area contributed by atoms with Crippen molar-refractivity contribution in [1.82, 2.24) is 0 Å². The lowest BCUT2D eigenvalue weighted by Crippen LogP contribution is -2.19. The summed E-state index contributed by atoms with van der Waals surface area (Å²) in [4.78, 5) is 0. The summed E-state index contributed by atoms with van der Waals surface area (Å²) in [6.07, 6.45) is 13.2. The van der Waals surface area contributed by atoms with Gasteiger partial charge in [0, 0.05) is 5.69 Å². The van der Waals surface area contributed by atoms with Gasteiger partial charge in [-0.3, -0.25) is 0 Å². The molecule has 1 rings (SSSR count). The van der Waals surface area contributed by atoms with E-state index in [1.54, 1.807) is 0 Å². The highest BCUT2D eigenvalue weighted by Gasteiger charge is 2.23. The average Bonchev–Trinajstić information content (AvgIpc) is 2.38. The van der Waals surface area contributed by atoms with E-state index in [0.29, 0.717) is 0 Å². The van der Waals surface area contributed by atoms with E-state index >= 15 is 0 Å². The second kappa shape index (κ2) is 7.11. The fourth-order valence-electron chi connectivity index (χ4n) is 2.26. The van der Waals surface area contributed by atoms with Crippen LogP contribution >= 0.6 is 0 Å². The highest BCUT2D eigenvalue weighted by Crippen LogP contribution is 2.30. The van der Waals surface area contributed by atoms with E-state index in [2.05, 4.69) is 25.8 Å². The molecule has 0 aliphatic carbocycles. The Kier molecular flexibility index (Phi) is 5.78. The maximum atomic E-state index is 5.84. The largest absolute Gasteiger partial charge is 0.399 e. The molecule has 0 aliphatic heterocycles. The van der Waals surface area contributed by atoms with E-state index in [-0.39, 0.29) is 5.41 Å². The second-order valence-corrected chi connectivity index (χ2v) is 5.27. The number of benzene rings is 1. The summed E-state index contributed by atoms with van der Waals surface area (Å²) in [5.41, 5.74) is 7.62. The zero-order valence-corrected chi connectivity index (χ0v) is 11.7. The van der Waals surface area contributed by atoms with Gasteiger partial charge in [-0.1, -0.05) is 57.1 Å². The molecular formula is C17H25N. The number of unbranched alkanes of at least 4 members (excludes halogenated alkanes) is 4. The van der Waals surface area contributed by atoms with Gasteiger partial charge in [0.2, 0.25) is 0 Å². The molecule has 98 valence electrons. The lowest BCUT2D eigenvalue weighted by Gasteiger charge is -2.24. The van der Waals surface area contributed by atoms with Crippen LogP contribution in [0.15, 0.2) is 24.3 Å². The average molecular weight is 243 g/mol. The minimum Gasteiger partial charge on any atom is -0.399 e. The van der Waals surface area contributed by atoms with Gasteiger partial charge in [-0.15, -0.1) is 6.42 Å². The van der Waals surface area contributed by atoms with E-state index in [9.17, 15) is 0 Å². The molecule has 0 aromatic heterocycles. The molecule has 0 fully saturated rings. The summed E-state index contributed by atoms with van der Waals surface area (Å²) in [5.74, 6) is 2.96. The van der Waals surface area contributed by atoms with Gasteiger partial charge >= 0.3 is 0 Å². The molecule has 0 spiro atoms. The van der Waals surface area contributed by atoms with Crippen LogP contribution in [0.5, 0.6) is 0 Å². The minimum absolute atomic E-state index is 0.179. The van der Waals surface area contributed by atoms with Crippen LogP contribution in [0.1, 0.15) is 57.9 Å². The van der Waals surface area contributed by atoms with Crippen LogP contribution < -0.4 is 5.73 Å². The summed E-state index contributed by atoms with van der Waals surface area (Å²) < 4.78 is 0. The first-order valence-corrected chi connectivity index (χ1v) is 6.96. The molecule has 1 aromatic rings. The smallest absolute Gasteiger partial charge is 0.0532 e. The first kappa shape index (κ1) is 14.6. The first-order chi connectivity index (χ1) is 8.62. The molecular weight excluding hydrogens is 218 g/mol. The Morgan fingerprint density at radius 2 is 1.94 bits per heavy atom. The fraction of sp³-hybridized carbons (Fsp3) is 0.529.